The largest absolute Gasteiger partial charge is 0.504 e. The van der Waals surface area contributed by atoms with Crippen LogP contribution in [0.4, 0.5) is 0 Å². The number of ketones is 1. The molecule has 0 bridgehead atoms. The molecular weight excluding hydrogens is 272 g/mol. The molecule has 0 radical (unpaired) electrons. The number of phenolic OH excluding ortho intramolecular Hbond substituents is 1. The number of methoxy groups -OCH3 is 2. The van der Waals surface area contributed by atoms with Gasteiger partial charge in [0.2, 0.25) is 0 Å². The summed E-state index contributed by atoms with van der Waals surface area (Å²) in [6.45, 7) is 0. The lowest BCUT2D eigenvalue weighted by Crippen LogP contribution is -2.06. The molecule has 0 unspecified atom stereocenters. The summed E-state index contributed by atoms with van der Waals surface area (Å²) in [5, 5.41) is 9.72. The van der Waals surface area contributed by atoms with Crippen LogP contribution >= 0.6 is 0 Å². The van der Waals surface area contributed by atoms with Crippen LogP contribution in [0.5, 0.6) is 11.5 Å². The Labute approximate surface area is 121 Å². The molecule has 1 N–H and O–H groups in total. The molecule has 108 valence electrons. The van der Waals surface area contributed by atoms with Crippen LogP contribution in [0, 0.1) is 0 Å². The minimum Gasteiger partial charge on any atom is -0.504 e. The number of aromatic hydroxyl groups is 1. The maximum Gasteiger partial charge on any atom is 0.337 e. The van der Waals surface area contributed by atoms with Crippen molar-refractivity contribution in [1.82, 2.24) is 0 Å². The maximum atomic E-state index is 12.4. The van der Waals surface area contributed by atoms with E-state index in [1.807, 2.05) is 0 Å². The summed E-state index contributed by atoms with van der Waals surface area (Å²) in [6.07, 6.45) is 0. The number of benzene rings is 2. The van der Waals surface area contributed by atoms with E-state index < -0.39 is 5.97 Å². The number of hydrogen-bond donors (Lipinski definition) is 1. The van der Waals surface area contributed by atoms with Gasteiger partial charge in [0, 0.05) is 11.1 Å². The average molecular weight is 286 g/mol. The van der Waals surface area contributed by atoms with Crippen LogP contribution < -0.4 is 4.74 Å². The smallest absolute Gasteiger partial charge is 0.337 e. The zero-order valence-corrected chi connectivity index (χ0v) is 11.6. The van der Waals surface area contributed by atoms with Gasteiger partial charge in [-0.15, -0.1) is 0 Å². The quantitative estimate of drug-likeness (QED) is 0.690. The number of carbonyl (C=O) groups is 2. The fourth-order valence-corrected chi connectivity index (χ4v) is 1.90. The molecule has 0 aliphatic heterocycles. The minimum atomic E-state index is -0.512. The third kappa shape index (κ3) is 3.02. The van der Waals surface area contributed by atoms with E-state index in [9.17, 15) is 14.7 Å². The van der Waals surface area contributed by atoms with E-state index >= 15 is 0 Å². The molecule has 5 heteroatoms. The van der Waals surface area contributed by atoms with E-state index in [2.05, 4.69) is 4.74 Å². The third-order valence-electron chi connectivity index (χ3n) is 2.99. The molecule has 0 aromatic heterocycles. The van der Waals surface area contributed by atoms with Crippen LogP contribution in [0.15, 0.2) is 42.5 Å². The van der Waals surface area contributed by atoms with Crippen molar-refractivity contribution in [3.63, 3.8) is 0 Å². The van der Waals surface area contributed by atoms with Gasteiger partial charge in [-0.3, -0.25) is 4.79 Å². The first-order valence-electron chi connectivity index (χ1n) is 6.17. The molecule has 0 aliphatic carbocycles. The molecule has 5 nitrogen and oxygen atoms in total. The predicted molar refractivity (Wildman–Crippen MR) is 75.9 cm³/mol. The van der Waals surface area contributed by atoms with Gasteiger partial charge in [-0.1, -0.05) is 12.1 Å². The maximum absolute atomic E-state index is 12.4. The molecule has 0 amide bonds. The monoisotopic (exact) mass is 286 g/mol. The van der Waals surface area contributed by atoms with Crippen molar-refractivity contribution < 1.29 is 24.2 Å². The topological polar surface area (TPSA) is 72.8 Å². The SMILES string of the molecule is COC(=O)c1cccc(C(=O)c2ccc(OC)c(O)c2)c1. The zero-order chi connectivity index (χ0) is 15.4. The van der Waals surface area contributed by atoms with E-state index in [1.54, 1.807) is 24.3 Å². The summed E-state index contributed by atoms with van der Waals surface area (Å²) >= 11 is 0. The van der Waals surface area contributed by atoms with Crippen molar-refractivity contribution in [2.45, 2.75) is 0 Å². The number of carbonyl (C=O) groups excluding carboxylic acids is 2. The van der Waals surface area contributed by atoms with Gasteiger partial charge in [0.15, 0.2) is 17.3 Å². The Morgan fingerprint density at radius 3 is 2.24 bits per heavy atom. The molecule has 0 heterocycles. The van der Waals surface area contributed by atoms with Crippen molar-refractivity contribution in [2.75, 3.05) is 14.2 Å². The predicted octanol–water partition coefficient (Wildman–Crippen LogP) is 2.42. The fourth-order valence-electron chi connectivity index (χ4n) is 1.90. The second kappa shape index (κ2) is 6.09. The molecule has 2 aromatic rings. The average Bonchev–Trinajstić information content (AvgIpc) is 2.53. The van der Waals surface area contributed by atoms with Crippen LogP contribution in [0.25, 0.3) is 0 Å². The lowest BCUT2D eigenvalue weighted by Gasteiger charge is -2.07. The van der Waals surface area contributed by atoms with E-state index in [0.717, 1.165) is 0 Å². The lowest BCUT2D eigenvalue weighted by molar-refractivity contribution is 0.0600. The summed E-state index contributed by atoms with van der Waals surface area (Å²) in [7, 11) is 2.70. The zero-order valence-electron chi connectivity index (χ0n) is 11.6. The van der Waals surface area contributed by atoms with Gasteiger partial charge in [-0.25, -0.2) is 4.79 Å². The summed E-state index contributed by atoms with van der Waals surface area (Å²) in [5.74, 6) is -0.650. The van der Waals surface area contributed by atoms with Gasteiger partial charge >= 0.3 is 5.97 Å². The Bertz CT molecular complexity index is 691. The van der Waals surface area contributed by atoms with Gasteiger partial charge in [-0.2, -0.15) is 0 Å². The molecule has 2 aromatic carbocycles. The van der Waals surface area contributed by atoms with Crippen molar-refractivity contribution in [2.24, 2.45) is 0 Å². The summed E-state index contributed by atoms with van der Waals surface area (Å²) in [6, 6.07) is 10.6. The summed E-state index contributed by atoms with van der Waals surface area (Å²) in [5.41, 5.74) is 0.930. The van der Waals surface area contributed by atoms with E-state index in [0.29, 0.717) is 16.7 Å². The molecule has 21 heavy (non-hydrogen) atoms. The fraction of sp³-hybridized carbons (Fsp3) is 0.125. The summed E-state index contributed by atoms with van der Waals surface area (Å²) in [4.78, 5) is 23.8. The van der Waals surface area contributed by atoms with Crippen molar-refractivity contribution >= 4 is 11.8 Å². The number of esters is 1. The highest BCUT2D eigenvalue weighted by atomic mass is 16.5. The minimum absolute atomic E-state index is 0.118. The van der Waals surface area contributed by atoms with Crippen LogP contribution in [-0.4, -0.2) is 31.1 Å². The first-order chi connectivity index (χ1) is 10.1. The molecule has 0 saturated heterocycles. The summed E-state index contributed by atoms with van der Waals surface area (Å²) < 4.78 is 9.55. The Kier molecular flexibility index (Phi) is 4.23. The second-order valence-corrected chi connectivity index (χ2v) is 4.29. The Morgan fingerprint density at radius 1 is 0.952 bits per heavy atom. The lowest BCUT2D eigenvalue weighted by atomic mass is 10.0. The Hall–Kier alpha value is -2.82. The molecule has 0 spiro atoms. The second-order valence-electron chi connectivity index (χ2n) is 4.29. The van der Waals surface area contributed by atoms with E-state index in [4.69, 9.17) is 4.74 Å². The number of phenols is 1. The van der Waals surface area contributed by atoms with Gasteiger partial charge < -0.3 is 14.6 Å². The number of rotatable bonds is 4. The van der Waals surface area contributed by atoms with Crippen molar-refractivity contribution in [1.29, 1.82) is 0 Å². The van der Waals surface area contributed by atoms with Crippen molar-refractivity contribution in [3.8, 4) is 11.5 Å². The van der Waals surface area contributed by atoms with Crippen LogP contribution in [0.1, 0.15) is 26.3 Å². The highest BCUT2D eigenvalue weighted by Crippen LogP contribution is 2.27. The van der Waals surface area contributed by atoms with Gasteiger partial charge in [0.05, 0.1) is 19.8 Å². The molecule has 0 saturated carbocycles. The Balaban J connectivity index is 2.36. The first kappa shape index (κ1) is 14.6. The van der Waals surface area contributed by atoms with Crippen molar-refractivity contribution in [3.05, 3.63) is 59.2 Å². The van der Waals surface area contributed by atoms with Gasteiger partial charge in [-0.05, 0) is 30.3 Å². The standard InChI is InChI=1S/C16H14O5/c1-20-14-7-6-11(9-13(14)17)15(18)10-4-3-5-12(8-10)16(19)21-2/h3-9,17H,1-2H3. The van der Waals surface area contributed by atoms with Gasteiger partial charge in [0.1, 0.15) is 0 Å². The Morgan fingerprint density at radius 2 is 1.62 bits per heavy atom. The number of ether oxygens (including phenoxy) is 2. The van der Waals surface area contributed by atoms with E-state index in [-0.39, 0.29) is 17.3 Å². The molecular formula is C16H14O5. The molecule has 2 rings (SSSR count). The van der Waals surface area contributed by atoms with Crippen LogP contribution in [-0.2, 0) is 4.74 Å². The number of hydrogen-bond acceptors (Lipinski definition) is 5. The highest BCUT2D eigenvalue weighted by molar-refractivity contribution is 6.10. The molecule has 0 fully saturated rings. The van der Waals surface area contributed by atoms with Crippen LogP contribution in [0.3, 0.4) is 0 Å². The van der Waals surface area contributed by atoms with Gasteiger partial charge in [0.25, 0.3) is 0 Å². The third-order valence-corrected chi connectivity index (χ3v) is 2.99. The van der Waals surface area contributed by atoms with Crippen LogP contribution in [0.2, 0.25) is 0 Å². The molecule has 0 atom stereocenters. The normalized spacial score (nSPS) is 10.0. The highest BCUT2D eigenvalue weighted by Gasteiger charge is 2.14. The first-order valence-corrected chi connectivity index (χ1v) is 6.17. The molecule has 0 aliphatic rings. The van der Waals surface area contributed by atoms with E-state index in [1.165, 1.54) is 32.4 Å².